The molecule has 0 radical (unpaired) electrons. The average molecular weight is 630 g/mol. The van der Waals surface area contributed by atoms with E-state index >= 15 is 0 Å². The van der Waals surface area contributed by atoms with Gasteiger partial charge in [-0.05, 0) is 65.2 Å². The number of hydrogen-bond donors (Lipinski definition) is 2. The van der Waals surface area contributed by atoms with Crippen LogP contribution >= 0.6 is 15.9 Å². The van der Waals surface area contributed by atoms with Crippen molar-refractivity contribution in [3.05, 3.63) is 130 Å². The summed E-state index contributed by atoms with van der Waals surface area (Å²) in [5.41, 5.74) is 2.14. The minimum Gasteiger partial charge on any atom is -0.497 e. The minimum absolute atomic E-state index is 0.0706. The van der Waals surface area contributed by atoms with Gasteiger partial charge >= 0.3 is 0 Å². The van der Waals surface area contributed by atoms with Crippen LogP contribution in [-0.4, -0.2) is 42.8 Å². The third-order valence-electron chi connectivity index (χ3n) is 7.11. The molecule has 7 nitrogen and oxygen atoms in total. The number of carbonyl (C=O) groups excluding carboxylic acids is 1. The number of carbonyl (C=O) groups is 1. The maximum absolute atomic E-state index is 14.3. The third kappa shape index (κ3) is 6.83. The molecule has 0 fully saturated rings. The second kappa shape index (κ2) is 13.7. The maximum atomic E-state index is 14.3. The number of halogens is 1. The summed E-state index contributed by atoms with van der Waals surface area (Å²) < 4.78 is 18.8. The van der Waals surface area contributed by atoms with Crippen LogP contribution in [0, 0.1) is 0 Å². The number of hydrogen-bond acceptors (Lipinski definition) is 6. The number of benzene rings is 4. The van der Waals surface area contributed by atoms with Crippen molar-refractivity contribution in [1.29, 1.82) is 0 Å². The van der Waals surface area contributed by atoms with Crippen molar-refractivity contribution in [3.63, 3.8) is 0 Å². The number of aliphatic imine (C=N–C) groups is 1. The van der Waals surface area contributed by atoms with E-state index in [1.165, 1.54) is 0 Å². The van der Waals surface area contributed by atoms with Gasteiger partial charge in [0, 0.05) is 36.0 Å². The van der Waals surface area contributed by atoms with Crippen molar-refractivity contribution in [1.82, 2.24) is 5.32 Å². The van der Waals surface area contributed by atoms with Crippen molar-refractivity contribution >= 4 is 27.7 Å². The molecule has 0 spiro atoms. The first-order valence-corrected chi connectivity index (χ1v) is 14.6. The van der Waals surface area contributed by atoms with Gasteiger partial charge in [0.15, 0.2) is 11.6 Å². The molecule has 0 unspecified atom stereocenters. The summed E-state index contributed by atoms with van der Waals surface area (Å²) in [7, 11) is 1.61. The molecule has 1 amide bonds. The summed E-state index contributed by atoms with van der Waals surface area (Å²) in [4.78, 5) is 19.4. The number of aliphatic hydroxyl groups excluding tert-OH is 1. The zero-order chi connectivity index (χ0) is 29.4. The fourth-order valence-electron chi connectivity index (χ4n) is 4.93. The monoisotopic (exact) mass is 628 g/mol. The first-order valence-electron chi connectivity index (χ1n) is 13.8. The second-order valence-electron chi connectivity index (χ2n) is 10.0. The molecule has 2 N–H and O–H groups in total. The van der Waals surface area contributed by atoms with Gasteiger partial charge in [-0.25, -0.2) is 4.99 Å². The number of aliphatic hydroxyl groups is 1. The lowest BCUT2D eigenvalue weighted by atomic mass is 9.82. The zero-order valence-corrected chi connectivity index (χ0v) is 24.9. The Hall–Kier alpha value is -4.14. The number of methoxy groups -OCH3 is 1. The van der Waals surface area contributed by atoms with E-state index in [4.69, 9.17) is 24.3 Å². The predicted molar refractivity (Wildman–Crippen MR) is 166 cm³/mol. The van der Waals surface area contributed by atoms with Crippen LogP contribution < -0.4 is 14.8 Å². The summed E-state index contributed by atoms with van der Waals surface area (Å²) >= 11 is 3.51. The van der Waals surface area contributed by atoms with Crippen LogP contribution in [0.2, 0.25) is 0 Å². The highest BCUT2D eigenvalue weighted by Gasteiger charge is 2.53. The fourth-order valence-corrected chi connectivity index (χ4v) is 5.20. The molecular weight excluding hydrogens is 596 g/mol. The van der Waals surface area contributed by atoms with Gasteiger partial charge < -0.3 is 24.6 Å². The number of amides is 1. The molecule has 0 saturated heterocycles. The van der Waals surface area contributed by atoms with Gasteiger partial charge in [-0.1, -0.05) is 70.5 Å². The van der Waals surface area contributed by atoms with Gasteiger partial charge in [-0.15, -0.1) is 0 Å². The average Bonchev–Trinajstić information content (AvgIpc) is 3.42. The van der Waals surface area contributed by atoms with Gasteiger partial charge in [-0.2, -0.15) is 0 Å². The molecule has 1 aliphatic rings. The molecule has 42 heavy (non-hydrogen) atoms. The SMILES string of the molecule is COc1cccc([C@H]2OC(c3ccc(OCCCO)cc3)=N[C@@]2(Cc2ccc(Br)cc2)C(=O)NCc2ccccc2)c1. The smallest absolute Gasteiger partial charge is 0.252 e. The number of nitrogens with one attached hydrogen (secondary N) is 1. The Kier molecular flexibility index (Phi) is 9.56. The molecule has 4 aromatic rings. The van der Waals surface area contributed by atoms with E-state index < -0.39 is 11.6 Å². The fraction of sp³-hybridized carbons (Fsp3) is 0.235. The van der Waals surface area contributed by atoms with E-state index in [0.717, 1.165) is 26.7 Å². The molecule has 4 aromatic carbocycles. The van der Waals surface area contributed by atoms with Crippen molar-refractivity contribution in [2.75, 3.05) is 20.3 Å². The number of rotatable bonds is 12. The highest BCUT2D eigenvalue weighted by atomic mass is 79.9. The molecule has 5 rings (SSSR count). The van der Waals surface area contributed by atoms with Gasteiger partial charge in [0.2, 0.25) is 5.90 Å². The minimum atomic E-state index is -1.30. The van der Waals surface area contributed by atoms with Gasteiger partial charge in [0.1, 0.15) is 11.5 Å². The van der Waals surface area contributed by atoms with Crippen LogP contribution in [-0.2, 0) is 22.5 Å². The Bertz CT molecular complexity index is 1510. The molecule has 1 aliphatic heterocycles. The lowest BCUT2D eigenvalue weighted by Crippen LogP contribution is -2.49. The van der Waals surface area contributed by atoms with Gasteiger partial charge in [0.25, 0.3) is 5.91 Å². The normalized spacial score (nSPS) is 17.7. The number of ether oxygens (including phenoxy) is 3. The molecule has 0 aliphatic carbocycles. The molecule has 0 bridgehead atoms. The first-order chi connectivity index (χ1) is 20.5. The molecule has 2 atom stereocenters. The van der Waals surface area contributed by atoms with E-state index in [9.17, 15) is 4.79 Å². The molecular formula is C34H33BrN2O5. The topological polar surface area (TPSA) is 89.4 Å². The Morgan fingerprint density at radius 1 is 0.952 bits per heavy atom. The summed E-state index contributed by atoms with van der Waals surface area (Å²) in [6.45, 7) is 0.849. The van der Waals surface area contributed by atoms with E-state index in [0.29, 0.717) is 43.4 Å². The van der Waals surface area contributed by atoms with Crippen LogP contribution in [0.1, 0.15) is 34.8 Å². The first kappa shape index (κ1) is 29.4. The Balaban J connectivity index is 1.56. The van der Waals surface area contributed by atoms with E-state index in [1.54, 1.807) is 7.11 Å². The third-order valence-corrected chi connectivity index (χ3v) is 7.64. The molecule has 216 valence electrons. The van der Waals surface area contributed by atoms with Crippen molar-refractivity contribution in [3.8, 4) is 11.5 Å². The van der Waals surface area contributed by atoms with Crippen LogP contribution in [0.25, 0.3) is 0 Å². The predicted octanol–water partition coefficient (Wildman–Crippen LogP) is 6.03. The Morgan fingerprint density at radius 2 is 1.71 bits per heavy atom. The van der Waals surface area contributed by atoms with Crippen LogP contribution in [0.5, 0.6) is 11.5 Å². The highest BCUT2D eigenvalue weighted by molar-refractivity contribution is 9.10. The molecule has 1 heterocycles. The zero-order valence-electron chi connectivity index (χ0n) is 23.3. The second-order valence-corrected chi connectivity index (χ2v) is 11.0. The van der Waals surface area contributed by atoms with E-state index in [1.807, 2.05) is 103 Å². The van der Waals surface area contributed by atoms with Crippen molar-refractivity contribution in [2.24, 2.45) is 4.99 Å². The van der Waals surface area contributed by atoms with Crippen LogP contribution in [0.15, 0.2) is 113 Å². The maximum Gasteiger partial charge on any atom is 0.252 e. The Morgan fingerprint density at radius 3 is 2.43 bits per heavy atom. The molecule has 8 heteroatoms. The van der Waals surface area contributed by atoms with Gasteiger partial charge in [-0.3, -0.25) is 4.79 Å². The summed E-state index contributed by atoms with van der Waals surface area (Å²) in [6.07, 6.45) is 0.146. The molecule has 0 saturated carbocycles. The standard InChI is InChI=1S/C34H33BrN2O5/c1-40-30-10-5-9-27(21-30)31-34(22-24-11-15-28(35)16-12-24,33(39)36-23-25-7-3-2-4-8-25)37-32(42-31)26-13-17-29(18-14-26)41-20-6-19-38/h2-5,7-18,21,31,38H,6,19-20,22-23H2,1H3,(H,36,39)/t31-,34-/m1/s1. The quantitative estimate of drug-likeness (QED) is 0.187. The number of nitrogens with zero attached hydrogens (tertiary/aromatic N) is 1. The van der Waals surface area contributed by atoms with Gasteiger partial charge in [0.05, 0.1) is 13.7 Å². The van der Waals surface area contributed by atoms with Crippen molar-refractivity contribution < 1.29 is 24.1 Å². The lowest BCUT2D eigenvalue weighted by Gasteiger charge is -2.31. The van der Waals surface area contributed by atoms with Crippen molar-refractivity contribution in [2.45, 2.75) is 31.0 Å². The summed E-state index contributed by atoms with van der Waals surface area (Å²) in [5, 5.41) is 12.2. The molecule has 0 aromatic heterocycles. The summed E-state index contributed by atoms with van der Waals surface area (Å²) in [6, 6.07) is 32.7. The van der Waals surface area contributed by atoms with E-state index in [-0.39, 0.29) is 12.5 Å². The summed E-state index contributed by atoms with van der Waals surface area (Å²) in [5.74, 6) is 1.48. The Labute approximate surface area is 254 Å². The van der Waals surface area contributed by atoms with Crippen LogP contribution in [0.3, 0.4) is 0 Å². The highest BCUT2D eigenvalue weighted by Crippen LogP contribution is 2.43. The lowest BCUT2D eigenvalue weighted by molar-refractivity contribution is -0.129. The largest absolute Gasteiger partial charge is 0.497 e. The van der Waals surface area contributed by atoms with E-state index in [2.05, 4.69) is 21.2 Å². The van der Waals surface area contributed by atoms with Crippen LogP contribution in [0.4, 0.5) is 0 Å².